The van der Waals surface area contributed by atoms with E-state index in [1.165, 1.54) is 12.1 Å². The number of hydrogen-bond donors (Lipinski definition) is 1. The average molecular weight is 437 g/mol. The summed E-state index contributed by atoms with van der Waals surface area (Å²) in [6.45, 7) is -0.669. The lowest BCUT2D eigenvalue weighted by molar-refractivity contribution is -0.137. The molecule has 25 heavy (non-hydrogen) atoms. The van der Waals surface area contributed by atoms with Gasteiger partial charge in [0.1, 0.15) is 0 Å². The Morgan fingerprint density at radius 2 is 1.88 bits per heavy atom. The Morgan fingerprint density at radius 3 is 2.52 bits per heavy atom. The molecule has 0 aromatic heterocycles. The van der Waals surface area contributed by atoms with E-state index in [9.17, 15) is 22.8 Å². The third-order valence-corrected chi connectivity index (χ3v) is 3.79. The molecule has 2 aromatic carbocycles. The summed E-state index contributed by atoms with van der Waals surface area (Å²) in [6.07, 6.45) is -4.57. The lowest BCUT2D eigenvalue weighted by Crippen LogP contribution is -2.21. The standard InChI is InChI=1S/C16H10BrClF3NO3/c17-11-3-1-2-9(6-11)15(24)25-8-14(23)22-13-7-10(16(19,20)21)4-5-12(13)18/h1-7H,8H2,(H,22,23). The second kappa shape index (κ2) is 7.88. The average Bonchev–Trinajstić information content (AvgIpc) is 2.53. The highest BCUT2D eigenvalue weighted by Gasteiger charge is 2.31. The maximum absolute atomic E-state index is 12.7. The molecule has 2 rings (SSSR count). The largest absolute Gasteiger partial charge is 0.452 e. The van der Waals surface area contributed by atoms with E-state index in [1.807, 2.05) is 0 Å². The minimum absolute atomic E-state index is 0.0698. The van der Waals surface area contributed by atoms with Crippen LogP contribution in [-0.2, 0) is 15.7 Å². The molecule has 0 heterocycles. The number of esters is 1. The molecule has 4 nitrogen and oxygen atoms in total. The van der Waals surface area contributed by atoms with Crippen molar-refractivity contribution in [1.82, 2.24) is 0 Å². The highest BCUT2D eigenvalue weighted by molar-refractivity contribution is 9.10. The number of carbonyl (C=O) groups is 2. The van der Waals surface area contributed by atoms with Gasteiger partial charge in [-0.3, -0.25) is 4.79 Å². The fraction of sp³-hybridized carbons (Fsp3) is 0.125. The molecule has 0 bridgehead atoms. The van der Waals surface area contributed by atoms with Crippen molar-refractivity contribution in [1.29, 1.82) is 0 Å². The van der Waals surface area contributed by atoms with Gasteiger partial charge in [0.15, 0.2) is 6.61 Å². The van der Waals surface area contributed by atoms with Gasteiger partial charge in [-0.15, -0.1) is 0 Å². The molecule has 0 radical (unpaired) electrons. The van der Waals surface area contributed by atoms with E-state index in [-0.39, 0.29) is 16.3 Å². The van der Waals surface area contributed by atoms with Crippen LogP contribution >= 0.6 is 27.5 Å². The molecule has 1 amide bonds. The second-order valence-electron chi connectivity index (χ2n) is 4.83. The summed E-state index contributed by atoms with van der Waals surface area (Å²) in [5, 5.41) is 2.11. The van der Waals surface area contributed by atoms with Gasteiger partial charge in [0.2, 0.25) is 0 Å². The topological polar surface area (TPSA) is 55.4 Å². The SMILES string of the molecule is O=C(COC(=O)c1cccc(Br)c1)Nc1cc(C(F)(F)F)ccc1Cl. The zero-order valence-electron chi connectivity index (χ0n) is 12.4. The number of benzene rings is 2. The molecule has 0 fully saturated rings. The summed E-state index contributed by atoms with van der Waals surface area (Å²) in [5.41, 5.74) is -0.961. The number of carbonyl (C=O) groups excluding carboxylic acids is 2. The number of alkyl halides is 3. The van der Waals surface area contributed by atoms with Crippen LogP contribution in [0.3, 0.4) is 0 Å². The minimum Gasteiger partial charge on any atom is -0.452 e. The highest BCUT2D eigenvalue weighted by atomic mass is 79.9. The van der Waals surface area contributed by atoms with Gasteiger partial charge in [0.25, 0.3) is 5.91 Å². The molecule has 1 N–H and O–H groups in total. The molecule has 0 saturated heterocycles. The predicted octanol–water partition coefficient (Wildman–Crippen LogP) is 4.92. The molecule has 0 aliphatic carbocycles. The summed E-state index contributed by atoms with van der Waals surface area (Å²) >= 11 is 8.96. The van der Waals surface area contributed by atoms with E-state index in [4.69, 9.17) is 16.3 Å². The Morgan fingerprint density at radius 1 is 1.16 bits per heavy atom. The molecule has 0 atom stereocenters. The van der Waals surface area contributed by atoms with Gasteiger partial charge in [-0.2, -0.15) is 13.2 Å². The molecule has 0 saturated carbocycles. The van der Waals surface area contributed by atoms with Gasteiger partial charge in [0.05, 0.1) is 21.8 Å². The minimum atomic E-state index is -4.57. The van der Waals surface area contributed by atoms with E-state index < -0.39 is 30.2 Å². The number of nitrogens with one attached hydrogen (secondary N) is 1. The maximum Gasteiger partial charge on any atom is 0.416 e. The van der Waals surface area contributed by atoms with Crippen molar-refractivity contribution in [3.63, 3.8) is 0 Å². The van der Waals surface area contributed by atoms with Crippen LogP contribution in [0.4, 0.5) is 18.9 Å². The second-order valence-corrected chi connectivity index (χ2v) is 6.15. The molecule has 9 heteroatoms. The predicted molar refractivity (Wildman–Crippen MR) is 89.5 cm³/mol. The molecular weight excluding hydrogens is 427 g/mol. The molecule has 0 spiro atoms. The van der Waals surface area contributed by atoms with Crippen molar-refractivity contribution in [3.05, 3.63) is 63.1 Å². The van der Waals surface area contributed by atoms with E-state index in [2.05, 4.69) is 21.2 Å². The first-order valence-electron chi connectivity index (χ1n) is 6.76. The van der Waals surface area contributed by atoms with Crippen LogP contribution in [0.1, 0.15) is 15.9 Å². The highest BCUT2D eigenvalue weighted by Crippen LogP contribution is 2.33. The van der Waals surface area contributed by atoms with Crippen LogP contribution in [0.15, 0.2) is 46.9 Å². The quantitative estimate of drug-likeness (QED) is 0.693. The van der Waals surface area contributed by atoms with Crippen LogP contribution in [0.5, 0.6) is 0 Å². The molecule has 0 aliphatic heterocycles. The van der Waals surface area contributed by atoms with E-state index >= 15 is 0 Å². The normalized spacial score (nSPS) is 11.1. The molecular formula is C16H10BrClF3NO3. The lowest BCUT2D eigenvalue weighted by Gasteiger charge is -2.12. The molecule has 0 unspecified atom stereocenters. The van der Waals surface area contributed by atoms with Gasteiger partial charge in [-0.05, 0) is 36.4 Å². The zero-order chi connectivity index (χ0) is 18.6. The third-order valence-electron chi connectivity index (χ3n) is 2.96. The summed E-state index contributed by atoms with van der Waals surface area (Å²) in [7, 11) is 0. The molecule has 132 valence electrons. The zero-order valence-corrected chi connectivity index (χ0v) is 14.7. The van der Waals surface area contributed by atoms with Crippen molar-refractivity contribution in [3.8, 4) is 0 Å². The van der Waals surface area contributed by atoms with Crippen molar-refractivity contribution >= 4 is 45.1 Å². The van der Waals surface area contributed by atoms with E-state index in [1.54, 1.807) is 12.1 Å². The number of amides is 1. The Hall–Kier alpha value is -2.06. The van der Waals surface area contributed by atoms with Crippen LogP contribution in [0.25, 0.3) is 0 Å². The van der Waals surface area contributed by atoms with Gasteiger partial charge in [0, 0.05) is 4.47 Å². The van der Waals surface area contributed by atoms with Gasteiger partial charge in [-0.25, -0.2) is 4.79 Å². The summed E-state index contributed by atoms with van der Waals surface area (Å²) in [6, 6.07) is 8.84. The van der Waals surface area contributed by atoms with E-state index in [0.717, 1.165) is 12.1 Å². The Bertz CT molecular complexity index is 811. The van der Waals surface area contributed by atoms with Crippen molar-refractivity contribution in [2.24, 2.45) is 0 Å². The fourth-order valence-corrected chi connectivity index (χ4v) is 2.38. The summed E-state index contributed by atoms with van der Waals surface area (Å²) < 4.78 is 43.5. The number of hydrogen-bond acceptors (Lipinski definition) is 3. The number of ether oxygens (including phenoxy) is 1. The molecule has 0 aliphatic rings. The summed E-state index contributed by atoms with van der Waals surface area (Å²) in [4.78, 5) is 23.6. The Labute approximate surface area is 154 Å². The Balaban J connectivity index is 2.00. The van der Waals surface area contributed by atoms with Gasteiger partial charge < -0.3 is 10.1 Å². The lowest BCUT2D eigenvalue weighted by atomic mass is 10.2. The smallest absolute Gasteiger partial charge is 0.416 e. The van der Waals surface area contributed by atoms with Crippen molar-refractivity contribution in [2.75, 3.05) is 11.9 Å². The number of anilines is 1. The summed E-state index contributed by atoms with van der Waals surface area (Å²) in [5.74, 6) is -1.56. The van der Waals surface area contributed by atoms with Crippen LogP contribution in [0, 0.1) is 0 Å². The first kappa shape index (κ1) is 19.3. The van der Waals surface area contributed by atoms with Crippen LogP contribution < -0.4 is 5.32 Å². The number of halogens is 5. The maximum atomic E-state index is 12.7. The van der Waals surface area contributed by atoms with Crippen molar-refractivity contribution in [2.45, 2.75) is 6.18 Å². The van der Waals surface area contributed by atoms with Crippen LogP contribution in [-0.4, -0.2) is 18.5 Å². The first-order chi connectivity index (χ1) is 11.7. The molecule has 2 aromatic rings. The number of rotatable bonds is 4. The van der Waals surface area contributed by atoms with Gasteiger partial charge >= 0.3 is 12.1 Å². The monoisotopic (exact) mass is 435 g/mol. The fourth-order valence-electron chi connectivity index (χ4n) is 1.81. The van der Waals surface area contributed by atoms with E-state index in [0.29, 0.717) is 10.5 Å². The third kappa shape index (κ3) is 5.47. The Kier molecular flexibility index (Phi) is 6.07. The van der Waals surface area contributed by atoms with Gasteiger partial charge in [-0.1, -0.05) is 33.6 Å². The van der Waals surface area contributed by atoms with Crippen molar-refractivity contribution < 1.29 is 27.5 Å². The van der Waals surface area contributed by atoms with Crippen LogP contribution in [0.2, 0.25) is 5.02 Å². The first-order valence-corrected chi connectivity index (χ1v) is 7.93.